The average molecular weight is 518 g/mol. The van der Waals surface area contributed by atoms with Gasteiger partial charge in [0.25, 0.3) is 15.6 Å². The Labute approximate surface area is 214 Å². The Morgan fingerprint density at radius 3 is 2.78 bits per heavy atom. The summed E-state index contributed by atoms with van der Waals surface area (Å²) in [7, 11) is -4.19. The van der Waals surface area contributed by atoms with Crippen LogP contribution >= 0.6 is 0 Å². The van der Waals surface area contributed by atoms with E-state index in [0.717, 1.165) is 65.4 Å². The Kier molecular flexibility index (Phi) is 5.63. The van der Waals surface area contributed by atoms with Gasteiger partial charge in [0.1, 0.15) is 4.90 Å². The molecule has 2 amide bonds. The molecule has 2 aliphatic rings. The van der Waals surface area contributed by atoms with Crippen LogP contribution < -0.4 is 15.6 Å². The lowest BCUT2D eigenvalue weighted by atomic mass is 9.93. The molecule has 1 aromatic carbocycles. The van der Waals surface area contributed by atoms with Gasteiger partial charge < -0.3 is 9.88 Å². The highest BCUT2D eigenvalue weighted by Crippen LogP contribution is 2.40. The number of fused-ring (bicyclic) bond motifs is 2. The van der Waals surface area contributed by atoms with Gasteiger partial charge >= 0.3 is 6.03 Å². The first kappa shape index (κ1) is 23.5. The van der Waals surface area contributed by atoms with E-state index >= 15 is 0 Å². The summed E-state index contributed by atoms with van der Waals surface area (Å²) in [6, 6.07) is 9.62. The highest BCUT2D eigenvalue weighted by atomic mass is 32.2. The highest BCUT2D eigenvalue weighted by molar-refractivity contribution is 7.90. The van der Waals surface area contributed by atoms with Gasteiger partial charge in [-0.3, -0.25) is 4.79 Å². The fraction of sp³-hybridized carbons (Fsp3) is 0.296. The number of pyridine rings is 2. The zero-order valence-corrected chi connectivity index (χ0v) is 21.2. The van der Waals surface area contributed by atoms with Gasteiger partial charge in [-0.2, -0.15) is 5.10 Å². The molecule has 2 N–H and O–H groups in total. The lowest BCUT2D eigenvalue weighted by Gasteiger charge is -2.19. The van der Waals surface area contributed by atoms with Crippen LogP contribution in [0.4, 0.5) is 10.5 Å². The van der Waals surface area contributed by atoms with Crippen LogP contribution in [0.25, 0.3) is 16.6 Å². The van der Waals surface area contributed by atoms with Gasteiger partial charge in [0.05, 0.1) is 11.2 Å². The molecule has 10 heteroatoms. The second-order valence-electron chi connectivity index (χ2n) is 9.91. The van der Waals surface area contributed by atoms with Gasteiger partial charge in [0.2, 0.25) is 0 Å². The van der Waals surface area contributed by atoms with E-state index in [1.54, 1.807) is 10.7 Å². The number of benzene rings is 1. The number of nitrogens with zero attached hydrogens (tertiary/aromatic N) is 3. The number of sulfonamides is 1. The summed E-state index contributed by atoms with van der Waals surface area (Å²) in [6.07, 6.45) is 9.63. The van der Waals surface area contributed by atoms with Crippen molar-refractivity contribution in [3.05, 3.63) is 82.0 Å². The predicted molar refractivity (Wildman–Crippen MR) is 140 cm³/mol. The van der Waals surface area contributed by atoms with Crippen LogP contribution in [-0.2, 0) is 29.4 Å². The van der Waals surface area contributed by atoms with Crippen LogP contribution in [0, 0.1) is 12.8 Å². The molecule has 0 atom stereocenters. The van der Waals surface area contributed by atoms with Gasteiger partial charge in [-0.1, -0.05) is 6.07 Å². The van der Waals surface area contributed by atoms with Crippen LogP contribution in [0.5, 0.6) is 0 Å². The van der Waals surface area contributed by atoms with Crippen molar-refractivity contribution in [1.29, 1.82) is 0 Å². The first-order chi connectivity index (χ1) is 17.8. The van der Waals surface area contributed by atoms with E-state index in [2.05, 4.69) is 21.2 Å². The van der Waals surface area contributed by atoms with Crippen molar-refractivity contribution in [2.24, 2.45) is 5.92 Å². The Hall–Kier alpha value is -3.92. The second kappa shape index (κ2) is 8.88. The largest absolute Gasteiger partial charge is 0.333 e. The third kappa shape index (κ3) is 4.53. The Balaban J connectivity index is 1.33. The van der Waals surface area contributed by atoms with Crippen LogP contribution in [0.3, 0.4) is 0 Å². The fourth-order valence-corrected chi connectivity index (χ4v) is 6.12. The van der Waals surface area contributed by atoms with E-state index in [-0.39, 0.29) is 10.5 Å². The molecule has 0 aliphatic heterocycles. The molecule has 3 heterocycles. The van der Waals surface area contributed by atoms with Crippen molar-refractivity contribution in [2.75, 3.05) is 5.32 Å². The summed E-state index contributed by atoms with van der Waals surface area (Å²) in [5.41, 5.74) is 6.23. The number of anilines is 1. The third-order valence-electron chi connectivity index (χ3n) is 7.17. The number of urea groups is 1. The molecule has 9 nitrogen and oxygen atoms in total. The molecule has 0 radical (unpaired) electrons. The molecule has 4 aromatic rings. The molecule has 0 saturated heterocycles. The van der Waals surface area contributed by atoms with Gasteiger partial charge in [-0.15, -0.1) is 0 Å². The molecule has 0 spiro atoms. The lowest BCUT2D eigenvalue weighted by molar-refractivity contribution is 0.256. The second-order valence-corrected chi connectivity index (χ2v) is 11.6. The van der Waals surface area contributed by atoms with Crippen LogP contribution in [-0.4, -0.2) is 28.6 Å². The number of carbonyl (C=O) groups is 1. The SMILES string of the molecule is Cc1cc2c(c(NC(=O)NS(=O)(=O)c3ccc(=O)n(CC4CC4)c3)c1-c1ccn3nccc3c1)CCC2. The maximum atomic E-state index is 13.1. The molecule has 0 unspecified atom stereocenters. The van der Waals surface area contributed by atoms with Gasteiger partial charge in [0.15, 0.2) is 0 Å². The van der Waals surface area contributed by atoms with Crippen molar-refractivity contribution in [2.45, 2.75) is 50.5 Å². The van der Waals surface area contributed by atoms with Crippen molar-refractivity contribution in [1.82, 2.24) is 18.9 Å². The summed E-state index contributed by atoms with van der Waals surface area (Å²) in [6.45, 7) is 2.48. The smallest absolute Gasteiger partial charge is 0.314 e. The summed E-state index contributed by atoms with van der Waals surface area (Å²) in [5, 5.41) is 7.12. The molecule has 6 rings (SSSR count). The molecule has 37 heavy (non-hydrogen) atoms. The normalized spacial score (nSPS) is 15.1. The third-order valence-corrected chi connectivity index (χ3v) is 8.49. The minimum absolute atomic E-state index is 0.122. The zero-order chi connectivity index (χ0) is 25.7. The molecular formula is C27H27N5O4S. The number of nitrogens with one attached hydrogen (secondary N) is 2. The Morgan fingerprint density at radius 2 is 1.97 bits per heavy atom. The summed E-state index contributed by atoms with van der Waals surface area (Å²) in [4.78, 5) is 25.2. The van der Waals surface area contributed by atoms with E-state index in [4.69, 9.17) is 0 Å². The number of amides is 2. The van der Waals surface area contributed by atoms with Crippen molar-refractivity contribution in [3.63, 3.8) is 0 Å². The maximum Gasteiger partial charge on any atom is 0.333 e. The molecule has 1 fully saturated rings. The first-order valence-electron chi connectivity index (χ1n) is 12.4. The number of hydrogen-bond acceptors (Lipinski definition) is 5. The predicted octanol–water partition coefficient (Wildman–Crippen LogP) is 3.88. The number of carbonyl (C=O) groups excluding carboxylic acids is 1. The Morgan fingerprint density at radius 1 is 1.14 bits per heavy atom. The van der Waals surface area contributed by atoms with Gasteiger partial charge in [-0.05, 0) is 91.5 Å². The lowest BCUT2D eigenvalue weighted by Crippen LogP contribution is -2.35. The van der Waals surface area contributed by atoms with E-state index in [1.807, 2.05) is 31.3 Å². The monoisotopic (exact) mass is 517 g/mol. The maximum absolute atomic E-state index is 13.1. The van der Waals surface area contributed by atoms with Crippen LogP contribution in [0.2, 0.25) is 0 Å². The molecule has 2 aliphatic carbocycles. The number of aromatic nitrogens is 3. The average Bonchev–Trinajstić information content (AvgIpc) is 3.33. The Bertz CT molecular complexity index is 1720. The minimum Gasteiger partial charge on any atom is -0.314 e. The minimum atomic E-state index is -4.19. The summed E-state index contributed by atoms with van der Waals surface area (Å²) in [5.74, 6) is 0.399. The molecule has 0 bridgehead atoms. The summed E-state index contributed by atoms with van der Waals surface area (Å²) >= 11 is 0. The molecular weight excluding hydrogens is 490 g/mol. The quantitative estimate of drug-likeness (QED) is 0.403. The fourth-order valence-electron chi connectivity index (χ4n) is 5.19. The van der Waals surface area contributed by atoms with Crippen molar-refractivity contribution < 1.29 is 13.2 Å². The van der Waals surface area contributed by atoms with Crippen LogP contribution in [0.1, 0.15) is 36.0 Å². The highest BCUT2D eigenvalue weighted by Gasteiger charge is 2.26. The van der Waals surface area contributed by atoms with Gasteiger partial charge in [-0.25, -0.2) is 22.4 Å². The number of rotatable bonds is 6. The van der Waals surface area contributed by atoms with Crippen molar-refractivity contribution >= 4 is 27.3 Å². The van der Waals surface area contributed by atoms with Crippen molar-refractivity contribution in [3.8, 4) is 11.1 Å². The molecule has 190 valence electrons. The standard InChI is InChI=1S/C27H27N5O4S/c1-17-13-19-3-2-4-23(19)26(25(17)20-10-12-32-21(14-20)9-11-28-32)29-27(34)30-37(35,36)22-7-8-24(33)31(16-22)15-18-5-6-18/h7-14,16,18H,2-6,15H2,1H3,(H2,29,30,34). The van der Waals surface area contributed by atoms with E-state index in [1.165, 1.54) is 22.9 Å². The first-order valence-corrected chi connectivity index (χ1v) is 13.9. The molecule has 3 aromatic heterocycles. The van der Waals surface area contributed by atoms with E-state index < -0.39 is 16.1 Å². The van der Waals surface area contributed by atoms with E-state index in [9.17, 15) is 18.0 Å². The molecule has 1 saturated carbocycles. The van der Waals surface area contributed by atoms with Gasteiger partial charge in [0, 0.05) is 36.8 Å². The van der Waals surface area contributed by atoms with E-state index in [0.29, 0.717) is 18.2 Å². The topological polar surface area (TPSA) is 115 Å². The number of hydrogen-bond donors (Lipinski definition) is 2. The van der Waals surface area contributed by atoms with Crippen LogP contribution in [0.15, 0.2) is 64.7 Å². The zero-order valence-electron chi connectivity index (χ0n) is 20.4. The summed E-state index contributed by atoms with van der Waals surface area (Å²) < 4.78 is 31.5. The number of aryl methyl sites for hydroxylation is 2.